The lowest BCUT2D eigenvalue weighted by molar-refractivity contribution is 0.589. The number of benzene rings is 10. The topological polar surface area (TPSA) is 13.1 Å². The molecule has 0 amide bonds. The Bertz CT molecular complexity index is 4050. The maximum absolute atomic E-state index is 2.67. The highest BCUT2D eigenvalue weighted by Gasteiger charge is 2.44. The van der Waals surface area contributed by atoms with Crippen LogP contribution in [0.1, 0.15) is 37.5 Å². The van der Waals surface area contributed by atoms with Gasteiger partial charge in [0.2, 0.25) is 6.71 Å². The molecule has 10 aromatic carbocycles. The highest BCUT2D eigenvalue weighted by atomic mass is 32.2. The Kier molecular flexibility index (Phi) is 9.31. The van der Waals surface area contributed by atoms with Crippen molar-refractivity contribution in [3.8, 4) is 33.6 Å². The summed E-state index contributed by atoms with van der Waals surface area (Å²) in [5.74, 6) is 0. The van der Waals surface area contributed by atoms with Crippen molar-refractivity contribution >= 4 is 95.5 Å². The summed E-state index contributed by atoms with van der Waals surface area (Å²) in [6.07, 6.45) is 0. The van der Waals surface area contributed by atoms with Crippen molar-refractivity contribution in [2.45, 2.75) is 49.8 Å². The monoisotopic (exact) mass is 927 g/mol. The number of rotatable bonds is 5. The number of anilines is 3. The lowest BCUT2D eigenvalue weighted by Crippen LogP contribution is -2.60. The molecule has 5 heteroatoms. The molecule has 2 aliphatic rings. The molecule has 0 fully saturated rings. The first kappa shape index (κ1) is 41.9. The van der Waals surface area contributed by atoms with Gasteiger partial charge in [0.1, 0.15) is 0 Å². The second kappa shape index (κ2) is 15.8. The summed E-state index contributed by atoms with van der Waals surface area (Å²) in [4.78, 5) is 5.35. The third-order valence-electron chi connectivity index (χ3n) is 15.5. The largest absolute Gasteiger partial charge is 0.310 e. The molecule has 0 aliphatic carbocycles. The minimum Gasteiger partial charge on any atom is -0.310 e. The Morgan fingerprint density at radius 2 is 0.901 bits per heavy atom. The van der Waals surface area contributed by atoms with E-state index < -0.39 is 0 Å². The minimum atomic E-state index is -0.123. The quantitative estimate of drug-likeness (QED) is 0.160. The summed E-state index contributed by atoms with van der Waals surface area (Å²) in [7, 11) is 0. The average molecular weight is 928 g/mol. The van der Waals surface area contributed by atoms with Crippen molar-refractivity contribution in [1.29, 1.82) is 0 Å². The zero-order chi connectivity index (χ0) is 47.7. The third-order valence-corrected chi connectivity index (χ3v) is 16.8. The molecule has 0 bridgehead atoms. The molecular weight excluding hydrogens is 878 g/mol. The van der Waals surface area contributed by atoms with E-state index in [0.717, 1.165) is 0 Å². The molecule has 14 rings (SSSR count). The summed E-state index contributed by atoms with van der Waals surface area (Å²) in [6, 6.07) is 79.3. The van der Waals surface area contributed by atoms with E-state index in [1.165, 1.54) is 137 Å². The van der Waals surface area contributed by atoms with E-state index in [4.69, 9.17) is 0 Å². The second-order valence-electron chi connectivity index (χ2n) is 20.5. The maximum atomic E-state index is 2.67. The van der Waals surface area contributed by atoms with E-state index in [2.05, 4.69) is 261 Å². The number of hydrogen-bond donors (Lipinski definition) is 0. The van der Waals surface area contributed by atoms with Crippen LogP contribution in [-0.2, 0) is 5.41 Å². The molecule has 2 aliphatic heterocycles. The normalized spacial score (nSPS) is 13.0. The van der Waals surface area contributed by atoms with Crippen molar-refractivity contribution in [2.24, 2.45) is 0 Å². The van der Waals surface area contributed by atoms with E-state index in [1.807, 2.05) is 11.8 Å². The van der Waals surface area contributed by atoms with E-state index in [0.29, 0.717) is 0 Å². The number of aromatic nitrogens is 2. The SMILES string of the molecule is Cc1c(-n2c3ccccc3c3ccccc32)ccc2c1Sc1cc(C(C)(C)C)cc3c1B2c1ccc(-n2c4ccccc4c4ccccc42)c(C)c1N3c1cc(-c2ccccc2)ccc1-c1ccccc1. The summed E-state index contributed by atoms with van der Waals surface area (Å²) >= 11 is 1.97. The van der Waals surface area contributed by atoms with Crippen LogP contribution in [-0.4, -0.2) is 15.8 Å². The molecule has 0 unspecified atom stereocenters. The highest BCUT2D eigenvalue weighted by molar-refractivity contribution is 8.00. The predicted octanol–water partition coefficient (Wildman–Crippen LogP) is 15.9. The van der Waals surface area contributed by atoms with E-state index >= 15 is 0 Å². The van der Waals surface area contributed by atoms with Crippen molar-refractivity contribution in [1.82, 2.24) is 9.13 Å². The predicted molar refractivity (Wildman–Crippen MR) is 304 cm³/mol. The smallest absolute Gasteiger partial charge is 0.249 e. The minimum absolute atomic E-state index is 0.00852. The Balaban J connectivity index is 1.10. The number of fused-ring (bicyclic) bond motifs is 10. The van der Waals surface area contributed by atoms with Crippen LogP contribution in [0, 0.1) is 13.8 Å². The zero-order valence-corrected chi connectivity index (χ0v) is 41.4. The molecule has 338 valence electrons. The van der Waals surface area contributed by atoms with E-state index in [9.17, 15) is 0 Å². The Hall–Kier alpha value is -7.99. The lowest BCUT2D eigenvalue weighted by Gasteiger charge is -2.43. The fourth-order valence-corrected chi connectivity index (χ4v) is 13.4. The van der Waals surface area contributed by atoms with Gasteiger partial charge in [-0.1, -0.05) is 196 Å². The first-order valence-corrected chi connectivity index (χ1v) is 25.7. The molecule has 2 aromatic heterocycles. The molecule has 3 nitrogen and oxygen atoms in total. The Labute approximate surface area is 419 Å². The molecule has 0 atom stereocenters. The van der Waals surface area contributed by atoms with Gasteiger partial charge in [-0.25, -0.2) is 0 Å². The van der Waals surface area contributed by atoms with Crippen LogP contribution in [0.25, 0.3) is 77.2 Å². The zero-order valence-electron chi connectivity index (χ0n) is 40.5. The maximum Gasteiger partial charge on any atom is 0.249 e. The van der Waals surface area contributed by atoms with Crippen LogP contribution in [0.4, 0.5) is 17.1 Å². The van der Waals surface area contributed by atoms with Crippen LogP contribution in [0.15, 0.2) is 222 Å². The molecule has 12 aromatic rings. The van der Waals surface area contributed by atoms with Crippen LogP contribution in [0.2, 0.25) is 0 Å². The van der Waals surface area contributed by atoms with Crippen molar-refractivity contribution < 1.29 is 0 Å². The van der Waals surface area contributed by atoms with E-state index in [-0.39, 0.29) is 12.1 Å². The number of hydrogen-bond acceptors (Lipinski definition) is 2. The van der Waals surface area contributed by atoms with Gasteiger partial charge in [-0.15, -0.1) is 0 Å². The fourth-order valence-electron chi connectivity index (χ4n) is 12.1. The summed E-state index contributed by atoms with van der Waals surface area (Å²) in [5, 5.41) is 5.08. The van der Waals surface area contributed by atoms with Crippen LogP contribution >= 0.6 is 11.8 Å². The van der Waals surface area contributed by atoms with Crippen LogP contribution in [0.5, 0.6) is 0 Å². The molecule has 0 N–H and O–H groups in total. The van der Waals surface area contributed by atoms with Crippen LogP contribution < -0.4 is 21.3 Å². The average Bonchev–Trinajstić information content (AvgIpc) is 3.92. The van der Waals surface area contributed by atoms with Gasteiger partial charge in [0.05, 0.1) is 39.1 Å². The second-order valence-corrected chi connectivity index (χ2v) is 21.6. The fraction of sp³-hybridized carbons (Fsp3) is 0.0909. The van der Waals surface area contributed by atoms with Crippen molar-refractivity contribution in [3.05, 3.63) is 229 Å². The molecule has 71 heavy (non-hydrogen) atoms. The molecule has 4 heterocycles. The molecule has 0 saturated heterocycles. The van der Waals surface area contributed by atoms with Crippen molar-refractivity contribution in [2.75, 3.05) is 4.90 Å². The first-order valence-electron chi connectivity index (χ1n) is 24.9. The van der Waals surface area contributed by atoms with Crippen LogP contribution in [0.3, 0.4) is 0 Å². The highest BCUT2D eigenvalue weighted by Crippen LogP contribution is 2.50. The molecule has 0 saturated carbocycles. The molecule has 0 radical (unpaired) electrons. The Morgan fingerprint density at radius 3 is 1.45 bits per heavy atom. The third kappa shape index (κ3) is 6.25. The van der Waals surface area contributed by atoms with Gasteiger partial charge in [-0.2, -0.15) is 0 Å². The standard InChI is InChI=1S/C66H50BN3S/c1-41-54(68-56-28-16-12-24-48(56)49-25-13-17-29-57(49)68)36-34-52-64(41)70(60-38-45(43-20-8-6-9-21-43)32-33-47(60)44-22-10-7-11-23-44)61-39-46(66(3,4)5)40-62-63(61)67(52)53-35-37-55(42(2)65(53)71-62)69-58-30-18-14-26-50(58)51-27-15-19-31-59(51)69/h6-40H,1-5H3. The summed E-state index contributed by atoms with van der Waals surface area (Å²) in [6.45, 7) is 11.8. The van der Waals surface area contributed by atoms with Gasteiger partial charge in [0.15, 0.2) is 0 Å². The van der Waals surface area contributed by atoms with Crippen molar-refractivity contribution in [3.63, 3.8) is 0 Å². The lowest BCUT2D eigenvalue weighted by atomic mass is 9.34. The first-order chi connectivity index (χ1) is 34.7. The van der Waals surface area contributed by atoms with Gasteiger partial charge >= 0.3 is 0 Å². The molecule has 0 spiro atoms. The molecular formula is C66H50BN3S. The number of para-hydroxylation sites is 4. The summed E-state index contributed by atoms with van der Waals surface area (Å²) in [5.41, 5.74) is 23.5. The van der Waals surface area contributed by atoms with E-state index in [1.54, 1.807) is 0 Å². The van der Waals surface area contributed by atoms with Gasteiger partial charge in [0.25, 0.3) is 0 Å². The summed E-state index contributed by atoms with van der Waals surface area (Å²) < 4.78 is 5.01. The van der Waals surface area contributed by atoms with Gasteiger partial charge in [-0.05, 0) is 118 Å². The Morgan fingerprint density at radius 1 is 0.408 bits per heavy atom. The van der Waals surface area contributed by atoms with Gasteiger partial charge in [-0.3, -0.25) is 0 Å². The van der Waals surface area contributed by atoms with Gasteiger partial charge < -0.3 is 14.0 Å². The number of nitrogens with zero attached hydrogens (tertiary/aromatic N) is 3. The van der Waals surface area contributed by atoms with Gasteiger partial charge in [0, 0.05) is 48.3 Å².